The van der Waals surface area contributed by atoms with E-state index >= 15 is 0 Å². The maximum absolute atomic E-state index is 2.57. The van der Waals surface area contributed by atoms with Crippen molar-refractivity contribution in [2.24, 2.45) is 47.3 Å². The molecule has 0 spiro atoms. The lowest BCUT2D eigenvalue weighted by Gasteiger charge is -2.35. The summed E-state index contributed by atoms with van der Waals surface area (Å²) >= 11 is 0. The van der Waals surface area contributed by atoms with E-state index in [4.69, 9.17) is 0 Å². The number of hydrogen-bond acceptors (Lipinski definition) is 0. The highest BCUT2D eigenvalue weighted by molar-refractivity contribution is 5.11. The number of fused-ring (bicyclic) bond motifs is 2. The first-order chi connectivity index (χ1) is 8.13. The van der Waals surface area contributed by atoms with Crippen molar-refractivity contribution in [3.8, 4) is 0 Å². The van der Waals surface area contributed by atoms with Gasteiger partial charge in [0.05, 0.1) is 0 Å². The van der Waals surface area contributed by atoms with E-state index < -0.39 is 0 Å². The lowest BCUT2D eigenvalue weighted by atomic mass is 9.69. The van der Waals surface area contributed by atoms with Crippen LogP contribution in [0.1, 0.15) is 47.0 Å². The van der Waals surface area contributed by atoms with E-state index in [-0.39, 0.29) is 0 Å². The fourth-order valence-corrected chi connectivity index (χ4v) is 5.45. The quantitative estimate of drug-likeness (QED) is 0.602. The normalized spacial score (nSPS) is 56.9. The van der Waals surface area contributed by atoms with E-state index in [1.165, 1.54) is 12.8 Å². The Balaban J connectivity index is 1.80. The van der Waals surface area contributed by atoms with E-state index in [1.807, 2.05) is 0 Å². The van der Waals surface area contributed by atoms with Gasteiger partial charge in [0.2, 0.25) is 0 Å². The molecule has 0 amide bonds. The van der Waals surface area contributed by atoms with Crippen LogP contribution in [0.25, 0.3) is 0 Å². The van der Waals surface area contributed by atoms with Gasteiger partial charge in [-0.2, -0.15) is 0 Å². The number of hydrogen-bond donors (Lipinski definition) is 0. The number of allylic oxidation sites excluding steroid dienone is 2. The predicted octanol–water partition coefficient (Wildman–Crippen LogP) is 4.76. The SMILES string of the molecule is CCC1CC2CC(C3C=CC(C)C3C)C1C2C. The van der Waals surface area contributed by atoms with Crippen LogP contribution < -0.4 is 0 Å². The van der Waals surface area contributed by atoms with Gasteiger partial charge in [0.15, 0.2) is 0 Å². The second kappa shape index (κ2) is 4.14. The lowest BCUT2D eigenvalue weighted by molar-refractivity contribution is 0.146. The molecule has 0 saturated heterocycles. The molecule has 0 heteroatoms. The predicted molar refractivity (Wildman–Crippen MR) is 73.6 cm³/mol. The molecule has 3 aliphatic rings. The van der Waals surface area contributed by atoms with Crippen LogP contribution in [0.2, 0.25) is 0 Å². The largest absolute Gasteiger partial charge is 0.0851 e. The van der Waals surface area contributed by atoms with E-state index in [2.05, 4.69) is 39.8 Å². The molecule has 96 valence electrons. The molecular weight excluding hydrogens is 204 g/mol. The van der Waals surface area contributed by atoms with Gasteiger partial charge in [0.1, 0.15) is 0 Å². The summed E-state index contributed by atoms with van der Waals surface area (Å²) in [6, 6.07) is 0. The summed E-state index contributed by atoms with van der Waals surface area (Å²) in [6.45, 7) is 9.82. The summed E-state index contributed by atoms with van der Waals surface area (Å²) in [5.41, 5.74) is 0. The second-order valence-corrected chi connectivity index (χ2v) is 7.18. The summed E-state index contributed by atoms with van der Waals surface area (Å²) in [4.78, 5) is 0. The first kappa shape index (κ1) is 11.8. The smallest absolute Gasteiger partial charge is 0.0171 e. The van der Waals surface area contributed by atoms with Gasteiger partial charge in [0, 0.05) is 0 Å². The number of rotatable bonds is 2. The highest BCUT2D eigenvalue weighted by Gasteiger charge is 2.53. The fraction of sp³-hybridized carbons (Fsp3) is 0.882. The van der Waals surface area contributed by atoms with Gasteiger partial charge in [-0.25, -0.2) is 0 Å². The van der Waals surface area contributed by atoms with Gasteiger partial charge >= 0.3 is 0 Å². The van der Waals surface area contributed by atoms with Crippen LogP contribution in [-0.2, 0) is 0 Å². The Kier molecular flexibility index (Phi) is 2.88. The Morgan fingerprint density at radius 3 is 2.29 bits per heavy atom. The molecule has 2 saturated carbocycles. The van der Waals surface area contributed by atoms with E-state index in [0.29, 0.717) is 0 Å². The van der Waals surface area contributed by atoms with E-state index in [1.54, 1.807) is 6.42 Å². The maximum atomic E-state index is 2.57. The Morgan fingerprint density at radius 2 is 1.76 bits per heavy atom. The van der Waals surface area contributed by atoms with Crippen molar-refractivity contribution in [2.75, 3.05) is 0 Å². The maximum Gasteiger partial charge on any atom is -0.0171 e. The van der Waals surface area contributed by atoms with Crippen molar-refractivity contribution in [1.82, 2.24) is 0 Å². The molecule has 0 radical (unpaired) electrons. The van der Waals surface area contributed by atoms with Crippen LogP contribution in [-0.4, -0.2) is 0 Å². The third kappa shape index (κ3) is 1.63. The van der Waals surface area contributed by atoms with Crippen molar-refractivity contribution in [3.63, 3.8) is 0 Å². The van der Waals surface area contributed by atoms with Crippen LogP contribution in [0.5, 0.6) is 0 Å². The molecule has 17 heavy (non-hydrogen) atoms. The van der Waals surface area contributed by atoms with Gasteiger partial charge in [-0.15, -0.1) is 0 Å². The summed E-state index contributed by atoms with van der Waals surface area (Å²) in [5, 5.41) is 0. The van der Waals surface area contributed by atoms with Crippen LogP contribution in [0, 0.1) is 47.3 Å². The summed E-state index contributed by atoms with van der Waals surface area (Å²) in [5.74, 6) is 7.80. The highest BCUT2D eigenvalue weighted by atomic mass is 14.6. The molecule has 2 fully saturated rings. The van der Waals surface area contributed by atoms with Crippen LogP contribution in [0.15, 0.2) is 12.2 Å². The summed E-state index contributed by atoms with van der Waals surface area (Å²) in [7, 11) is 0. The highest BCUT2D eigenvalue weighted by Crippen LogP contribution is 2.60. The minimum absolute atomic E-state index is 0.814. The van der Waals surface area contributed by atoms with E-state index in [0.717, 1.165) is 47.3 Å². The van der Waals surface area contributed by atoms with Crippen LogP contribution >= 0.6 is 0 Å². The first-order valence-electron chi connectivity index (χ1n) is 7.81. The Morgan fingerprint density at radius 1 is 1.00 bits per heavy atom. The molecule has 0 aromatic heterocycles. The lowest BCUT2D eigenvalue weighted by Crippen LogP contribution is -2.29. The molecule has 0 aromatic rings. The molecule has 2 bridgehead atoms. The minimum atomic E-state index is 0.814. The van der Waals surface area contributed by atoms with Crippen LogP contribution in [0.4, 0.5) is 0 Å². The Labute approximate surface area is 107 Å². The molecule has 3 aliphatic carbocycles. The molecule has 0 heterocycles. The molecular formula is C17H28. The van der Waals surface area contributed by atoms with E-state index in [9.17, 15) is 0 Å². The van der Waals surface area contributed by atoms with Gasteiger partial charge < -0.3 is 0 Å². The molecule has 8 atom stereocenters. The van der Waals surface area contributed by atoms with Crippen molar-refractivity contribution >= 4 is 0 Å². The Hall–Kier alpha value is -0.260. The van der Waals surface area contributed by atoms with Gasteiger partial charge in [-0.05, 0) is 60.2 Å². The third-order valence-electron chi connectivity index (χ3n) is 6.66. The molecule has 3 rings (SSSR count). The zero-order chi connectivity index (χ0) is 12.2. The molecule has 8 unspecified atom stereocenters. The minimum Gasteiger partial charge on any atom is -0.0851 e. The zero-order valence-electron chi connectivity index (χ0n) is 11.9. The zero-order valence-corrected chi connectivity index (χ0v) is 11.9. The Bertz CT molecular complexity index is 316. The average molecular weight is 232 g/mol. The summed E-state index contributed by atoms with van der Waals surface area (Å²) in [6.07, 6.45) is 9.54. The summed E-state index contributed by atoms with van der Waals surface area (Å²) < 4.78 is 0. The molecule has 0 aliphatic heterocycles. The van der Waals surface area contributed by atoms with Crippen molar-refractivity contribution in [3.05, 3.63) is 12.2 Å². The van der Waals surface area contributed by atoms with Gasteiger partial charge in [-0.3, -0.25) is 0 Å². The van der Waals surface area contributed by atoms with Crippen molar-refractivity contribution in [1.29, 1.82) is 0 Å². The average Bonchev–Trinajstić information content (AvgIpc) is 2.92. The standard InChI is InChI=1S/C17H28/c1-5-13-8-14-9-16(17(13)12(14)4)15-7-6-10(2)11(15)3/h6-7,10-17H,5,8-9H2,1-4H3. The van der Waals surface area contributed by atoms with Crippen molar-refractivity contribution in [2.45, 2.75) is 47.0 Å². The van der Waals surface area contributed by atoms with Crippen molar-refractivity contribution < 1.29 is 0 Å². The fourth-order valence-electron chi connectivity index (χ4n) is 5.45. The van der Waals surface area contributed by atoms with Crippen LogP contribution in [0.3, 0.4) is 0 Å². The topological polar surface area (TPSA) is 0 Å². The van der Waals surface area contributed by atoms with Gasteiger partial charge in [0.25, 0.3) is 0 Å². The monoisotopic (exact) mass is 232 g/mol. The van der Waals surface area contributed by atoms with Gasteiger partial charge in [-0.1, -0.05) is 46.3 Å². The first-order valence-corrected chi connectivity index (χ1v) is 7.81. The second-order valence-electron chi connectivity index (χ2n) is 7.18. The molecule has 0 nitrogen and oxygen atoms in total. The third-order valence-corrected chi connectivity index (χ3v) is 6.66. The molecule has 0 aromatic carbocycles. The molecule has 0 N–H and O–H groups in total.